The van der Waals surface area contributed by atoms with E-state index in [0.717, 1.165) is 19.4 Å². The Bertz CT molecular complexity index is 190. The molecule has 0 bridgehead atoms. The maximum absolute atomic E-state index is 11.2. The average Bonchev–Trinajstić information content (AvgIpc) is 2.20. The fourth-order valence-corrected chi connectivity index (χ4v) is 1.67. The van der Waals surface area contributed by atoms with E-state index in [1.54, 1.807) is 0 Å². The number of nitrogens with zero attached hydrogens (tertiary/aromatic N) is 2. The van der Waals surface area contributed by atoms with E-state index < -0.39 is 0 Å². The van der Waals surface area contributed by atoms with Crippen LogP contribution >= 0.6 is 0 Å². The number of carbonyl (C=O) groups is 1. The summed E-state index contributed by atoms with van der Waals surface area (Å²) in [5.41, 5.74) is 0. The molecule has 3 nitrogen and oxygen atoms in total. The summed E-state index contributed by atoms with van der Waals surface area (Å²) in [5, 5.41) is 7.88. The summed E-state index contributed by atoms with van der Waals surface area (Å²) in [5.74, 6) is 0.244. The molecule has 0 unspecified atom stereocenters. The average molecular weight is 196 g/mol. The van der Waals surface area contributed by atoms with Gasteiger partial charge in [-0.15, -0.1) is 0 Å². The van der Waals surface area contributed by atoms with E-state index in [1.165, 1.54) is 32.1 Å². The smallest absolute Gasteiger partial charge is 0.156 e. The van der Waals surface area contributed by atoms with Crippen LogP contribution in [0.25, 0.3) is 0 Å². The predicted octanol–water partition coefficient (Wildman–Crippen LogP) is 3.14. The maximum Gasteiger partial charge on any atom is 0.156 e. The second kappa shape index (κ2) is 7.65. The number of hydrogen-bond donors (Lipinski definition) is 0. The van der Waals surface area contributed by atoms with Gasteiger partial charge >= 0.3 is 0 Å². The molecule has 0 N–H and O–H groups in total. The summed E-state index contributed by atoms with van der Waals surface area (Å²) in [6, 6.07) is 0. The van der Waals surface area contributed by atoms with E-state index in [-0.39, 0.29) is 5.78 Å². The molecule has 1 aliphatic rings. The van der Waals surface area contributed by atoms with Crippen LogP contribution < -0.4 is 0 Å². The number of azo groups is 1. The molecule has 1 heterocycles. The van der Waals surface area contributed by atoms with Gasteiger partial charge in [-0.2, -0.15) is 10.2 Å². The van der Waals surface area contributed by atoms with Crippen molar-refractivity contribution in [3.63, 3.8) is 0 Å². The predicted molar refractivity (Wildman–Crippen MR) is 56.5 cm³/mol. The number of hydrogen-bond acceptors (Lipinski definition) is 3. The third kappa shape index (κ3) is 5.84. The van der Waals surface area contributed by atoms with Gasteiger partial charge in [0, 0.05) is 6.42 Å². The van der Waals surface area contributed by atoms with Crippen LogP contribution in [0, 0.1) is 0 Å². The van der Waals surface area contributed by atoms with Gasteiger partial charge in [-0.25, -0.2) is 0 Å². The Morgan fingerprint density at radius 2 is 1.43 bits per heavy atom. The zero-order valence-corrected chi connectivity index (χ0v) is 8.87. The van der Waals surface area contributed by atoms with Crippen molar-refractivity contribution in [2.24, 2.45) is 10.2 Å². The van der Waals surface area contributed by atoms with Crippen LogP contribution in [0.15, 0.2) is 10.2 Å². The van der Waals surface area contributed by atoms with Crippen LogP contribution in [-0.2, 0) is 4.79 Å². The molecule has 0 atom stereocenters. The highest BCUT2D eigenvalue weighted by Crippen LogP contribution is 2.09. The van der Waals surface area contributed by atoms with E-state index in [9.17, 15) is 4.79 Å². The summed E-state index contributed by atoms with van der Waals surface area (Å²) in [4.78, 5) is 11.2. The summed E-state index contributed by atoms with van der Waals surface area (Å²) >= 11 is 0. The lowest BCUT2D eigenvalue weighted by Gasteiger charge is -1.99. The zero-order valence-electron chi connectivity index (χ0n) is 8.87. The van der Waals surface area contributed by atoms with E-state index in [4.69, 9.17) is 0 Å². The van der Waals surface area contributed by atoms with Gasteiger partial charge in [0.2, 0.25) is 0 Å². The van der Waals surface area contributed by atoms with Crippen LogP contribution in [0.2, 0.25) is 0 Å². The molecule has 0 saturated heterocycles. The monoisotopic (exact) mass is 196 g/mol. The minimum absolute atomic E-state index is 0.244. The Hall–Kier alpha value is -0.730. The van der Waals surface area contributed by atoms with Crippen molar-refractivity contribution < 1.29 is 4.79 Å². The van der Waals surface area contributed by atoms with E-state index in [0.29, 0.717) is 13.0 Å². The summed E-state index contributed by atoms with van der Waals surface area (Å²) in [6.45, 7) is 1.10. The topological polar surface area (TPSA) is 41.8 Å². The minimum Gasteiger partial charge on any atom is -0.298 e. The van der Waals surface area contributed by atoms with Crippen LogP contribution in [0.4, 0.5) is 0 Å². The summed E-state index contributed by atoms with van der Waals surface area (Å²) in [7, 11) is 0. The number of Topliss-reactive ketones (excluding diaryl/α,β-unsaturated/α-hetero) is 1. The SMILES string of the molecule is O=C1CCCCCCCCCN=NC1. The fraction of sp³-hybridized carbons (Fsp3) is 0.909. The molecule has 14 heavy (non-hydrogen) atoms. The van der Waals surface area contributed by atoms with Gasteiger partial charge in [0.1, 0.15) is 6.54 Å². The lowest BCUT2D eigenvalue weighted by Crippen LogP contribution is -2.01. The van der Waals surface area contributed by atoms with Crippen LogP contribution in [0.3, 0.4) is 0 Å². The van der Waals surface area contributed by atoms with Crippen molar-refractivity contribution in [2.75, 3.05) is 13.1 Å². The summed E-state index contributed by atoms with van der Waals surface area (Å²) < 4.78 is 0. The Kier molecular flexibility index (Phi) is 6.20. The normalized spacial score (nSPS) is 22.1. The highest BCUT2D eigenvalue weighted by molar-refractivity contribution is 5.80. The van der Waals surface area contributed by atoms with Crippen molar-refractivity contribution >= 4 is 5.78 Å². The van der Waals surface area contributed by atoms with E-state index in [2.05, 4.69) is 10.2 Å². The lowest BCUT2D eigenvalue weighted by atomic mass is 10.1. The molecule has 0 aromatic heterocycles. The minimum atomic E-state index is 0.244. The first-order valence-corrected chi connectivity index (χ1v) is 5.74. The van der Waals surface area contributed by atoms with Crippen LogP contribution in [0.5, 0.6) is 0 Å². The molecular formula is C11H20N2O. The molecule has 0 aromatic rings. The van der Waals surface area contributed by atoms with Gasteiger partial charge in [0.05, 0.1) is 6.54 Å². The summed E-state index contributed by atoms with van der Waals surface area (Å²) in [6.07, 6.45) is 9.21. The third-order valence-electron chi connectivity index (χ3n) is 2.56. The number of ketones is 1. The molecule has 80 valence electrons. The third-order valence-corrected chi connectivity index (χ3v) is 2.56. The molecule has 1 rings (SSSR count). The Labute approximate surface area is 86.0 Å². The molecule has 0 saturated carbocycles. The Morgan fingerprint density at radius 3 is 2.21 bits per heavy atom. The molecule has 0 fully saturated rings. The van der Waals surface area contributed by atoms with Gasteiger partial charge < -0.3 is 0 Å². The van der Waals surface area contributed by atoms with Crippen molar-refractivity contribution in [1.82, 2.24) is 0 Å². The zero-order chi connectivity index (χ0) is 10.1. The lowest BCUT2D eigenvalue weighted by molar-refractivity contribution is -0.117. The molecule has 0 aliphatic carbocycles. The van der Waals surface area contributed by atoms with Crippen molar-refractivity contribution in [2.45, 2.75) is 51.4 Å². The first kappa shape index (κ1) is 11.3. The van der Waals surface area contributed by atoms with Gasteiger partial charge in [-0.1, -0.05) is 32.1 Å². The quantitative estimate of drug-likeness (QED) is 0.586. The first-order valence-electron chi connectivity index (χ1n) is 5.74. The van der Waals surface area contributed by atoms with E-state index in [1.807, 2.05) is 0 Å². The highest BCUT2D eigenvalue weighted by atomic mass is 16.1. The van der Waals surface area contributed by atoms with Gasteiger partial charge in [-0.05, 0) is 12.8 Å². The van der Waals surface area contributed by atoms with Gasteiger partial charge in [0.15, 0.2) is 5.78 Å². The second-order valence-corrected chi connectivity index (χ2v) is 3.93. The Balaban J connectivity index is 2.24. The fourth-order valence-electron chi connectivity index (χ4n) is 1.67. The molecule has 0 aromatic carbocycles. The number of carbonyl (C=O) groups excluding carboxylic acids is 1. The Morgan fingerprint density at radius 1 is 0.786 bits per heavy atom. The molecular weight excluding hydrogens is 176 g/mol. The van der Waals surface area contributed by atoms with Crippen molar-refractivity contribution in [3.8, 4) is 0 Å². The molecule has 1 aliphatic heterocycles. The van der Waals surface area contributed by atoms with Gasteiger partial charge in [0.25, 0.3) is 0 Å². The first-order chi connectivity index (χ1) is 6.89. The highest BCUT2D eigenvalue weighted by Gasteiger charge is 2.01. The molecule has 0 amide bonds. The number of rotatable bonds is 0. The van der Waals surface area contributed by atoms with Crippen LogP contribution in [0.1, 0.15) is 51.4 Å². The van der Waals surface area contributed by atoms with Crippen molar-refractivity contribution in [1.29, 1.82) is 0 Å². The maximum atomic E-state index is 11.2. The van der Waals surface area contributed by atoms with Crippen molar-refractivity contribution in [3.05, 3.63) is 0 Å². The molecule has 0 radical (unpaired) electrons. The van der Waals surface area contributed by atoms with Crippen LogP contribution in [-0.4, -0.2) is 18.9 Å². The molecule has 0 spiro atoms. The molecule has 3 heteroatoms. The standard InChI is InChI=1S/C11H20N2O/c14-11-8-6-4-2-1-3-5-7-9-12-13-10-11/h1-10H2. The van der Waals surface area contributed by atoms with Gasteiger partial charge in [-0.3, -0.25) is 4.79 Å². The second-order valence-electron chi connectivity index (χ2n) is 3.93. The van der Waals surface area contributed by atoms with E-state index >= 15 is 0 Å². The largest absolute Gasteiger partial charge is 0.298 e.